The lowest BCUT2D eigenvalue weighted by Gasteiger charge is -2.36. The van der Waals surface area contributed by atoms with Crippen LogP contribution in [0.15, 0.2) is 48.6 Å². The largest absolute Gasteiger partial charge is 0.496 e. The van der Waals surface area contributed by atoms with Crippen LogP contribution in [0, 0.1) is 0 Å². The van der Waals surface area contributed by atoms with E-state index in [9.17, 15) is 0 Å². The molecule has 0 amide bonds. The normalized spacial score (nSPS) is 17.1. The van der Waals surface area contributed by atoms with E-state index in [0.717, 1.165) is 38.3 Å². The van der Waals surface area contributed by atoms with E-state index in [4.69, 9.17) is 4.74 Å². The van der Waals surface area contributed by atoms with Crippen molar-refractivity contribution < 1.29 is 4.74 Å². The minimum atomic E-state index is 0.315. The predicted octanol–water partition coefficient (Wildman–Crippen LogP) is 3.76. The van der Waals surface area contributed by atoms with Crippen LogP contribution in [0.1, 0.15) is 24.9 Å². The average molecular weight is 310 g/mol. The second kappa shape index (κ2) is 7.16. The zero-order valence-electron chi connectivity index (χ0n) is 14.1. The van der Waals surface area contributed by atoms with Gasteiger partial charge in [-0.1, -0.05) is 35.9 Å². The molecule has 1 aliphatic rings. The van der Waals surface area contributed by atoms with Gasteiger partial charge in [0.25, 0.3) is 0 Å². The lowest BCUT2D eigenvalue weighted by atomic mass is 9.92. The number of hydrogen-bond donors (Lipinski definition) is 1. The van der Waals surface area contributed by atoms with Gasteiger partial charge in [0.2, 0.25) is 0 Å². The number of fused-ring (bicyclic) bond motifs is 1. The van der Waals surface area contributed by atoms with E-state index in [1.165, 1.54) is 21.9 Å². The second-order valence-electron chi connectivity index (χ2n) is 6.37. The van der Waals surface area contributed by atoms with Crippen molar-refractivity contribution in [1.82, 2.24) is 10.2 Å². The maximum atomic E-state index is 5.73. The molecule has 0 bridgehead atoms. The van der Waals surface area contributed by atoms with Crippen LogP contribution < -0.4 is 10.1 Å². The lowest BCUT2D eigenvalue weighted by molar-refractivity contribution is 0.170. The Hall–Kier alpha value is -1.84. The SMILES string of the molecule is C=C(C)C[C@@H](c1c(OC)ccc2ccccc12)N1CCNCC1. The first kappa shape index (κ1) is 16.0. The summed E-state index contributed by atoms with van der Waals surface area (Å²) in [5.41, 5.74) is 2.51. The Balaban J connectivity index is 2.13. The quantitative estimate of drug-likeness (QED) is 0.851. The fourth-order valence-corrected chi connectivity index (χ4v) is 3.53. The summed E-state index contributed by atoms with van der Waals surface area (Å²) in [6.45, 7) is 10.5. The number of hydrogen-bond acceptors (Lipinski definition) is 3. The van der Waals surface area contributed by atoms with E-state index in [0.29, 0.717) is 6.04 Å². The molecule has 1 fully saturated rings. The zero-order chi connectivity index (χ0) is 16.2. The smallest absolute Gasteiger partial charge is 0.124 e. The van der Waals surface area contributed by atoms with Crippen LogP contribution in [-0.4, -0.2) is 38.2 Å². The highest BCUT2D eigenvalue weighted by Gasteiger charge is 2.26. The molecule has 1 atom stereocenters. The third-order valence-corrected chi connectivity index (χ3v) is 4.62. The van der Waals surface area contributed by atoms with Gasteiger partial charge in [-0.25, -0.2) is 0 Å². The minimum absolute atomic E-state index is 0.315. The molecule has 0 spiro atoms. The Morgan fingerprint density at radius 3 is 2.65 bits per heavy atom. The molecule has 122 valence electrons. The number of methoxy groups -OCH3 is 1. The maximum Gasteiger partial charge on any atom is 0.124 e. The van der Waals surface area contributed by atoms with Gasteiger partial charge >= 0.3 is 0 Å². The van der Waals surface area contributed by atoms with Crippen molar-refractivity contribution in [3.05, 3.63) is 54.1 Å². The Kier molecular flexibility index (Phi) is 4.99. The molecule has 2 aromatic carbocycles. The molecule has 1 heterocycles. The average Bonchev–Trinajstić information content (AvgIpc) is 2.59. The minimum Gasteiger partial charge on any atom is -0.496 e. The Bertz CT molecular complexity index is 689. The van der Waals surface area contributed by atoms with Gasteiger partial charge in [-0.05, 0) is 30.2 Å². The Labute approximate surface area is 138 Å². The molecule has 0 saturated carbocycles. The number of rotatable bonds is 5. The summed E-state index contributed by atoms with van der Waals surface area (Å²) in [4.78, 5) is 2.56. The molecular formula is C20H26N2O. The molecule has 0 unspecified atom stereocenters. The Morgan fingerprint density at radius 1 is 1.22 bits per heavy atom. The molecule has 3 rings (SSSR count). The van der Waals surface area contributed by atoms with Crippen molar-refractivity contribution in [3.8, 4) is 5.75 Å². The molecular weight excluding hydrogens is 284 g/mol. The van der Waals surface area contributed by atoms with Crippen LogP contribution in [0.4, 0.5) is 0 Å². The topological polar surface area (TPSA) is 24.5 Å². The van der Waals surface area contributed by atoms with Crippen molar-refractivity contribution in [3.63, 3.8) is 0 Å². The van der Waals surface area contributed by atoms with Gasteiger partial charge in [-0.2, -0.15) is 0 Å². The molecule has 0 aromatic heterocycles. The number of nitrogens with one attached hydrogen (secondary N) is 1. The van der Waals surface area contributed by atoms with E-state index in [-0.39, 0.29) is 0 Å². The van der Waals surface area contributed by atoms with Gasteiger partial charge in [-0.15, -0.1) is 6.58 Å². The monoisotopic (exact) mass is 310 g/mol. The van der Waals surface area contributed by atoms with Crippen molar-refractivity contribution in [2.24, 2.45) is 0 Å². The van der Waals surface area contributed by atoms with Crippen LogP contribution >= 0.6 is 0 Å². The van der Waals surface area contributed by atoms with E-state index in [2.05, 4.69) is 60.1 Å². The van der Waals surface area contributed by atoms with Gasteiger partial charge < -0.3 is 10.1 Å². The summed E-state index contributed by atoms with van der Waals surface area (Å²) in [6.07, 6.45) is 0.963. The van der Waals surface area contributed by atoms with Crippen LogP contribution in [0.3, 0.4) is 0 Å². The molecule has 0 radical (unpaired) electrons. The van der Waals surface area contributed by atoms with Gasteiger partial charge in [0.05, 0.1) is 7.11 Å². The van der Waals surface area contributed by atoms with Gasteiger partial charge in [0, 0.05) is 37.8 Å². The van der Waals surface area contributed by atoms with Crippen LogP contribution in [0.5, 0.6) is 5.75 Å². The summed E-state index contributed by atoms with van der Waals surface area (Å²) < 4.78 is 5.73. The van der Waals surface area contributed by atoms with Crippen molar-refractivity contribution in [2.75, 3.05) is 33.3 Å². The highest BCUT2D eigenvalue weighted by atomic mass is 16.5. The summed E-state index contributed by atoms with van der Waals surface area (Å²) in [6, 6.07) is 13.2. The highest BCUT2D eigenvalue weighted by Crippen LogP contribution is 2.39. The first-order chi connectivity index (χ1) is 11.2. The number of nitrogens with zero attached hydrogens (tertiary/aromatic N) is 1. The van der Waals surface area contributed by atoms with E-state index >= 15 is 0 Å². The summed E-state index contributed by atoms with van der Waals surface area (Å²) in [5, 5.41) is 6.00. The van der Waals surface area contributed by atoms with E-state index < -0.39 is 0 Å². The fourth-order valence-electron chi connectivity index (χ4n) is 3.53. The van der Waals surface area contributed by atoms with Gasteiger partial charge in [0.1, 0.15) is 5.75 Å². The number of ether oxygens (including phenoxy) is 1. The first-order valence-corrected chi connectivity index (χ1v) is 8.35. The molecule has 2 aromatic rings. The summed E-state index contributed by atoms with van der Waals surface area (Å²) in [7, 11) is 1.77. The number of benzene rings is 2. The third kappa shape index (κ3) is 3.41. The van der Waals surface area contributed by atoms with Crippen molar-refractivity contribution in [2.45, 2.75) is 19.4 Å². The van der Waals surface area contributed by atoms with E-state index in [1.54, 1.807) is 7.11 Å². The third-order valence-electron chi connectivity index (χ3n) is 4.62. The number of piperazine rings is 1. The van der Waals surface area contributed by atoms with Crippen LogP contribution in [-0.2, 0) is 0 Å². The first-order valence-electron chi connectivity index (χ1n) is 8.35. The van der Waals surface area contributed by atoms with E-state index in [1.807, 2.05) is 0 Å². The molecule has 3 nitrogen and oxygen atoms in total. The second-order valence-corrected chi connectivity index (χ2v) is 6.37. The molecule has 1 saturated heterocycles. The van der Waals surface area contributed by atoms with Crippen LogP contribution in [0.2, 0.25) is 0 Å². The lowest BCUT2D eigenvalue weighted by Crippen LogP contribution is -2.45. The van der Waals surface area contributed by atoms with Crippen LogP contribution in [0.25, 0.3) is 10.8 Å². The van der Waals surface area contributed by atoms with Crippen molar-refractivity contribution >= 4 is 10.8 Å². The Morgan fingerprint density at radius 2 is 1.96 bits per heavy atom. The zero-order valence-corrected chi connectivity index (χ0v) is 14.1. The highest BCUT2D eigenvalue weighted by molar-refractivity contribution is 5.88. The standard InChI is InChI=1S/C20H26N2O/c1-15(2)14-18(22-12-10-21-11-13-22)20-17-7-5-4-6-16(17)8-9-19(20)23-3/h4-9,18,21H,1,10-14H2,2-3H3/t18-/m0/s1. The van der Waals surface area contributed by atoms with Gasteiger partial charge in [0.15, 0.2) is 0 Å². The molecule has 23 heavy (non-hydrogen) atoms. The molecule has 0 aliphatic carbocycles. The predicted molar refractivity (Wildman–Crippen MR) is 97.1 cm³/mol. The molecule has 3 heteroatoms. The van der Waals surface area contributed by atoms with Crippen molar-refractivity contribution in [1.29, 1.82) is 0 Å². The molecule has 1 aliphatic heterocycles. The summed E-state index contributed by atoms with van der Waals surface area (Å²) in [5.74, 6) is 0.980. The fraction of sp³-hybridized carbons (Fsp3) is 0.400. The molecule has 1 N–H and O–H groups in total. The van der Waals surface area contributed by atoms with Gasteiger partial charge in [-0.3, -0.25) is 4.90 Å². The summed E-state index contributed by atoms with van der Waals surface area (Å²) >= 11 is 0. The maximum absolute atomic E-state index is 5.73.